The number of aromatic nitrogens is 2. The first-order chi connectivity index (χ1) is 7.32. The number of hydrogen-bond acceptors (Lipinski definition) is 3. The van der Waals surface area contributed by atoms with E-state index in [9.17, 15) is 13.6 Å². The zero-order valence-corrected chi connectivity index (χ0v) is 9.29. The van der Waals surface area contributed by atoms with E-state index in [2.05, 4.69) is 15.3 Å². The summed E-state index contributed by atoms with van der Waals surface area (Å²) in [6, 6.07) is -1.24. The molecule has 0 spiro atoms. The zero-order valence-electron chi connectivity index (χ0n) is 9.29. The van der Waals surface area contributed by atoms with Gasteiger partial charge < -0.3 is 5.32 Å². The lowest BCUT2D eigenvalue weighted by Crippen LogP contribution is -2.44. The van der Waals surface area contributed by atoms with Crippen molar-refractivity contribution in [1.82, 2.24) is 15.3 Å². The monoisotopic (exact) mass is 229 g/mol. The van der Waals surface area contributed by atoms with E-state index in [1.165, 1.54) is 19.4 Å². The van der Waals surface area contributed by atoms with Crippen LogP contribution in [0.4, 0.5) is 8.78 Å². The molecule has 0 aromatic carbocycles. The number of nitrogens with one attached hydrogen (secondary N) is 1. The van der Waals surface area contributed by atoms with Gasteiger partial charge >= 0.3 is 0 Å². The number of alkyl halides is 2. The Morgan fingerprint density at radius 2 is 2.19 bits per heavy atom. The highest BCUT2D eigenvalue weighted by Gasteiger charge is 2.31. The van der Waals surface area contributed by atoms with E-state index in [1.54, 1.807) is 6.92 Å². The van der Waals surface area contributed by atoms with E-state index >= 15 is 0 Å². The fourth-order valence-corrected chi connectivity index (χ4v) is 1.01. The smallest absolute Gasteiger partial charge is 0.264 e. The highest BCUT2D eigenvalue weighted by Crippen LogP contribution is 2.17. The van der Waals surface area contributed by atoms with Gasteiger partial charge in [-0.3, -0.25) is 4.79 Å². The van der Waals surface area contributed by atoms with Crippen LogP contribution in [0.15, 0.2) is 12.5 Å². The largest absolute Gasteiger partial charge is 0.343 e. The predicted molar refractivity (Wildman–Crippen MR) is 54.3 cm³/mol. The number of carbonyl (C=O) groups is 1. The maximum atomic E-state index is 12.8. The molecular formula is C10H13F2N3O. The van der Waals surface area contributed by atoms with Gasteiger partial charge in [0.05, 0.1) is 17.3 Å². The van der Waals surface area contributed by atoms with E-state index in [4.69, 9.17) is 0 Å². The summed E-state index contributed by atoms with van der Waals surface area (Å²) in [6.45, 7) is 3.62. The highest BCUT2D eigenvalue weighted by atomic mass is 19.3. The van der Waals surface area contributed by atoms with Crippen molar-refractivity contribution in [3.05, 3.63) is 23.8 Å². The molecule has 0 radical (unpaired) electrons. The number of amides is 1. The van der Waals surface area contributed by atoms with Gasteiger partial charge in [0.2, 0.25) is 0 Å². The van der Waals surface area contributed by atoms with Gasteiger partial charge in [0.1, 0.15) is 6.33 Å². The molecule has 1 N–H and O–H groups in total. The van der Waals surface area contributed by atoms with Crippen molar-refractivity contribution in [2.45, 2.75) is 32.7 Å². The first-order valence-corrected chi connectivity index (χ1v) is 4.77. The number of aryl methyl sites for hydroxylation is 1. The van der Waals surface area contributed by atoms with Crippen LogP contribution >= 0.6 is 0 Å². The van der Waals surface area contributed by atoms with Crippen LogP contribution in [0.25, 0.3) is 0 Å². The van der Waals surface area contributed by atoms with Crippen molar-refractivity contribution in [3.63, 3.8) is 0 Å². The Morgan fingerprint density at radius 3 is 2.69 bits per heavy atom. The summed E-state index contributed by atoms with van der Waals surface area (Å²) < 4.78 is 25.7. The first-order valence-electron chi connectivity index (χ1n) is 4.77. The van der Waals surface area contributed by atoms with Gasteiger partial charge in [-0.1, -0.05) is 0 Å². The van der Waals surface area contributed by atoms with Crippen molar-refractivity contribution in [2.24, 2.45) is 0 Å². The molecule has 0 aliphatic rings. The fraction of sp³-hybridized carbons (Fsp3) is 0.500. The van der Waals surface area contributed by atoms with Gasteiger partial charge in [-0.15, -0.1) is 0 Å². The second kappa shape index (κ2) is 4.51. The second-order valence-electron chi connectivity index (χ2n) is 3.67. The fourth-order valence-electron chi connectivity index (χ4n) is 1.01. The third-order valence-electron chi connectivity index (χ3n) is 2.26. The maximum absolute atomic E-state index is 12.8. The predicted octanol–water partition coefficient (Wildman–Crippen LogP) is 1.56. The molecule has 16 heavy (non-hydrogen) atoms. The number of halogens is 2. The van der Waals surface area contributed by atoms with Crippen molar-refractivity contribution in [2.75, 3.05) is 0 Å². The van der Waals surface area contributed by atoms with Crippen LogP contribution < -0.4 is 5.32 Å². The lowest BCUT2D eigenvalue weighted by Gasteiger charge is -2.20. The van der Waals surface area contributed by atoms with Gasteiger partial charge in [0.25, 0.3) is 11.8 Å². The molecule has 0 aliphatic carbocycles. The Bertz CT molecular complexity index is 390. The average molecular weight is 229 g/mol. The van der Waals surface area contributed by atoms with Crippen LogP contribution in [0, 0.1) is 6.92 Å². The average Bonchev–Trinajstić information content (AvgIpc) is 2.16. The lowest BCUT2D eigenvalue weighted by molar-refractivity contribution is -0.0108. The van der Waals surface area contributed by atoms with Gasteiger partial charge in [-0.2, -0.15) is 0 Å². The molecule has 0 saturated heterocycles. The Morgan fingerprint density at radius 1 is 1.56 bits per heavy atom. The van der Waals surface area contributed by atoms with Gasteiger partial charge in [-0.05, 0) is 13.8 Å². The van der Waals surface area contributed by atoms with E-state index in [1.807, 2.05) is 0 Å². The molecule has 1 amide bonds. The van der Waals surface area contributed by atoms with E-state index in [0.717, 1.165) is 6.92 Å². The Labute approximate surface area is 92.1 Å². The molecule has 1 atom stereocenters. The summed E-state index contributed by atoms with van der Waals surface area (Å²) in [7, 11) is 0. The summed E-state index contributed by atoms with van der Waals surface area (Å²) >= 11 is 0. The van der Waals surface area contributed by atoms with Crippen LogP contribution in [-0.2, 0) is 0 Å². The summed E-state index contributed by atoms with van der Waals surface area (Å²) in [5.41, 5.74) is 0.665. The molecule has 0 fully saturated rings. The molecule has 1 heterocycles. The molecular weight excluding hydrogens is 216 g/mol. The third kappa shape index (κ3) is 2.95. The second-order valence-corrected chi connectivity index (χ2v) is 3.67. The quantitative estimate of drug-likeness (QED) is 0.855. The van der Waals surface area contributed by atoms with Crippen LogP contribution in [0.5, 0.6) is 0 Å². The molecule has 0 saturated carbocycles. The molecule has 1 aromatic heterocycles. The molecule has 4 nitrogen and oxygen atoms in total. The molecule has 1 aromatic rings. The Hall–Kier alpha value is -1.59. The topological polar surface area (TPSA) is 54.9 Å². The first kappa shape index (κ1) is 12.5. The van der Waals surface area contributed by atoms with E-state index in [-0.39, 0.29) is 5.56 Å². The minimum Gasteiger partial charge on any atom is -0.343 e. The number of rotatable bonds is 3. The standard InChI is InChI=1S/C10H13F2N3O/c1-6-8(4-13-5-14-6)9(16)15-7(2)10(3,11)12/h4-5,7H,1-3H3,(H,15,16)/t7-/m1/s1. The van der Waals surface area contributed by atoms with Crippen LogP contribution in [0.2, 0.25) is 0 Å². The summed E-state index contributed by atoms with van der Waals surface area (Å²) in [4.78, 5) is 19.1. The third-order valence-corrected chi connectivity index (χ3v) is 2.26. The maximum Gasteiger partial charge on any atom is 0.264 e. The SMILES string of the molecule is Cc1ncncc1C(=O)N[C@H](C)C(C)(F)F. The van der Waals surface area contributed by atoms with Gasteiger partial charge in [0, 0.05) is 13.1 Å². The Balaban J connectivity index is 2.78. The molecule has 0 unspecified atom stereocenters. The Kier molecular flexibility index (Phi) is 3.51. The van der Waals surface area contributed by atoms with Gasteiger partial charge in [-0.25, -0.2) is 18.7 Å². The lowest BCUT2D eigenvalue weighted by atomic mass is 10.1. The summed E-state index contributed by atoms with van der Waals surface area (Å²) in [5, 5.41) is 2.21. The van der Waals surface area contributed by atoms with Crippen LogP contribution in [0.1, 0.15) is 29.9 Å². The molecule has 88 valence electrons. The van der Waals surface area contributed by atoms with Gasteiger partial charge in [0.15, 0.2) is 0 Å². The summed E-state index contributed by atoms with van der Waals surface area (Å²) in [5.74, 6) is -3.55. The molecule has 0 aliphatic heterocycles. The summed E-state index contributed by atoms with van der Waals surface area (Å²) in [6.07, 6.45) is 2.60. The molecule has 6 heteroatoms. The van der Waals surface area contributed by atoms with Crippen molar-refractivity contribution < 1.29 is 13.6 Å². The number of carbonyl (C=O) groups excluding carboxylic acids is 1. The van der Waals surface area contributed by atoms with Crippen molar-refractivity contribution >= 4 is 5.91 Å². The van der Waals surface area contributed by atoms with Crippen molar-refractivity contribution in [3.8, 4) is 0 Å². The van der Waals surface area contributed by atoms with Crippen LogP contribution in [0.3, 0.4) is 0 Å². The van der Waals surface area contributed by atoms with E-state index < -0.39 is 17.9 Å². The van der Waals surface area contributed by atoms with Crippen molar-refractivity contribution in [1.29, 1.82) is 0 Å². The highest BCUT2D eigenvalue weighted by molar-refractivity contribution is 5.95. The van der Waals surface area contributed by atoms with E-state index in [0.29, 0.717) is 5.69 Å². The normalized spacial score (nSPS) is 13.3. The number of nitrogens with zero attached hydrogens (tertiary/aromatic N) is 2. The van der Waals surface area contributed by atoms with Crippen LogP contribution in [-0.4, -0.2) is 27.8 Å². The minimum atomic E-state index is -2.96. The minimum absolute atomic E-state index is 0.207. The number of hydrogen-bond donors (Lipinski definition) is 1. The molecule has 1 rings (SSSR count). The zero-order chi connectivity index (χ0) is 12.3. The molecule has 0 bridgehead atoms.